The van der Waals surface area contributed by atoms with Crippen molar-refractivity contribution >= 4 is 44.8 Å². The molecular weight excluding hydrogens is 426 g/mol. The van der Waals surface area contributed by atoms with Gasteiger partial charge in [0.1, 0.15) is 6.54 Å². The van der Waals surface area contributed by atoms with E-state index in [0.717, 1.165) is 4.31 Å². The van der Waals surface area contributed by atoms with Crippen molar-refractivity contribution in [3.63, 3.8) is 0 Å². The Hall–Kier alpha value is -3.36. The Balaban J connectivity index is 1.96. The highest BCUT2D eigenvalue weighted by Crippen LogP contribution is 2.26. The van der Waals surface area contributed by atoms with Crippen molar-refractivity contribution in [1.82, 2.24) is 0 Å². The van der Waals surface area contributed by atoms with Crippen LogP contribution in [-0.2, 0) is 14.8 Å². The zero-order chi connectivity index (χ0) is 21.7. The Morgan fingerprint density at radius 2 is 1.60 bits per heavy atom. The molecule has 0 heterocycles. The van der Waals surface area contributed by atoms with Gasteiger partial charge in [0.15, 0.2) is 0 Å². The van der Waals surface area contributed by atoms with Crippen LogP contribution in [0.25, 0.3) is 0 Å². The van der Waals surface area contributed by atoms with Gasteiger partial charge in [-0.25, -0.2) is 8.42 Å². The van der Waals surface area contributed by atoms with Gasteiger partial charge in [0.25, 0.3) is 15.9 Å². The third kappa shape index (κ3) is 4.79. The number of para-hydroxylation sites is 1. The first-order valence-electron chi connectivity index (χ1n) is 8.81. The maximum atomic E-state index is 13.2. The molecule has 9 heteroatoms. The van der Waals surface area contributed by atoms with Gasteiger partial charge in [0, 0.05) is 5.02 Å². The molecule has 3 rings (SSSR count). The summed E-state index contributed by atoms with van der Waals surface area (Å²) in [6.45, 7) is -0.537. The molecule has 0 atom stereocenters. The highest BCUT2D eigenvalue weighted by Gasteiger charge is 2.27. The van der Waals surface area contributed by atoms with Gasteiger partial charge in [-0.05, 0) is 42.5 Å². The molecule has 0 bridgehead atoms. The number of benzene rings is 3. The molecule has 2 amide bonds. The number of anilines is 2. The summed E-state index contributed by atoms with van der Waals surface area (Å²) in [6.07, 6.45) is 0. The highest BCUT2D eigenvalue weighted by atomic mass is 35.5. The van der Waals surface area contributed by atoms with Gasteiger partial charge in [0.05, 0.1) is 21.8 Å². The summed E-state index contributed by atoms with van der Waals surface area (Å²) in [4.78, 5) is 24.3. The van der Waals surface area contributed by atoms with Crippen LogP contribution in [0.15, 0.2) is 83.8 Å². The third-order valence-electron chi connectivity index (χ3n) is 4.18. The summed E-state index contributed by atoms with van der Waals surface area (Å²) in [5.41, 5.74) is 5.87. The van der Waals surface area contributed by atoms with Crippen LogP contribution in [0, 0.1) is 0 Å². The molecule has 0 radical (unpaired) electrons. The van der Waals surface area contributed by atoms with Gasteiger partial charge >= 0.3 is 0 Å². The van der Waals surface area contributed by atoms with Gasteiger partial charge in [-0.1, -0.05) is 48.0 Å². The largest absolute Gasteiger partial charge is 0.366 e. The van der Waals surface area contributed by atoms with Crippen LogP contribution >= 0.6 is 11.6 Å². The first kappa shape index (κ1) is 21.4. The van der Waals surface area contributed by atoms with Crippen LogP contribution in [0.1, 0.15) is 10.4 Å². The van der Waals surface area contributed by atoms with Crippen LogP contribution < -0.4 is 15.4 Å². The summed E-state index contributed by atoms with van der Waals surface area (Å²) in [5, 5.41) is 2.87. The van der Waals surface area contributed by atoms with E-state index in [0.29, 0.717) is 5.02 Å². The number of hydrogen-bond donors (Lipinski definition) is 2. The molecule has 7 nitrogen and oxygen atoms in total. The predicted octanol–water partition coefficient (Wildman–Crippen LogP) is 3.27. The smallest absolute Gasteiger partial charge is 0.264 e. The molecular formula is C21H18ClN3O4S. The topological polar surface area (TPSA) is 110 Å². The normalized spacial score (nSPS) is 11.0. The van der Waals surface area contributed by atoms with Crippen LogP contribution in [-0.4, -0.2) is 26.8 Å². The van der Waals surface area contributed by atoms with E-state index in [1.807, 2.05) is 0 Å². The number of primary amides is 1. The number of nitrogens with zero attached hydrogens (tertiary/aromatic N) is 1. The number of sulfonamides is 1. The van der Waals surface area contributed by atoms with Crippen LogP contribution in [0.3, 0.4) is 0 Å². The van der Waals surface area contributed by atoms with E-state index in [1.54, 1.807) is 42.5 Å². The zero-order valence-electron chi connectivity index (χ0n) is 15.7. The number of hydrogen-bond acceptors (Lipinski definition) is 4. The molecule has 0 aliphatic carbocycles. The molecule has 0 unspecified atom stereocenters. The fraction of sp³-hybridized carbons (Fsp3) is 0.0476. The number of carbonyl (C=O) groups excluding carboxylic acids is 2. The monoisotopic (exact) mass is 443 g/mol. The lowest BCUT2D eigenvalue weighted by Crippen LogP contribution is -2.38. The van der Waals surface area contributed by atoms with Crippen LogP contribution in [0.4, 0.5) is 11.4 Å². The second kappa shape index (κ2) is 8.98. The molecule has 30 heavy (non-hydrogen) atoms. The summed E-state index contributed by atoms with van der Waals surface area (Å²) < 4.78 is 27.4. The number of carbonyl (C=O) groups is 2. The fourth-order valence-corrected chi connectivity index (χ4v) is 4.41. The molecule has 0 spiro atoms. The highest BCUT2D eigenvalue weighted by molar-refractivity contribution is 7.92. The average Bonchev–Trinajstić information content (AvgIpc) is 2.73. The van der Waals surface area contributed by atoms with E-state index in [2.05, 4.69) is 5.32 Å². The van der Waals surface area contributed by atoms with Crippen molar-refractivity contribution in [2.24, 2.45) is 5.73 Å². The second-order valence-electron chi connectivity index (χ2n) is 6.26. The standard InChI is InChI=1S/C21H18ClN3O4S/c22-15-7-6-8-16(13-15)25(30(28,29)17-9-2-1-3-10-17)14-20(26)24-19-12-5-4-11-18(19)21(23)27/h1-13H,14H2,(H2,23,27)(H,24,26). The van der Waals surface area contributed by atoms with E-state index in [4.69, 9.17) is 17.3 Å². The minimum atomic E-state index is -4.06. The zero-order valence-corrected chi connectivity index (χ0v) is 17.2. The number of nitrogens with one attached hydrogen (secondary N) is 1. The van der Waals surface area contributed by atoms with E-state index in [1.165, 1.54) is 36.4 Å². The molecule has 0 fully saturated rings. The first-order chi connectivity index (χ1) is 14.3. The number of nitrogens with two attached hydrogens (primary N) is 1. The first-order valence-corrected chi connectivity index (χ1v) is 10.6. The minimum Gasteiger partial charge on any atom is -0.366 e. The Morgan fingerprint density at radius 1 is 0.933 bits per heavy atom. The third-order valence-corrected chi connectivity index (χ3v) is 6.20. The minimum absolute atomic E-state index is 0.0234. The number of halogens is 1. The van der Waals surface area contributed by atoms with Gasteiger partial charge in [0.2, 0.25) is 5.91 Å². The van der Waals surface area contributed by atoms with E-state index in [-0.39, 0.29) is 21.8 Å². The summed E-state index contributed by atoms with van der Waals surface area (Å²) >= 11 is 6.03. The number of rotatable bonds is 7. The van der Waals surface area contributed by atoms with Crippen molar-refractivity contribution in [2.75, 3.05) is 16.2 Å². The van der Waals surface area contributed by atoms with Crippen molar-refractivity contribution in [2.45, 2.75) is 4.90 Å². The fourth-order valence-electron chi connectivity index (χ4n) is 2.79. The molecule has 3 N–H and O–H groups in total. The second-order valence-corrected chi connectivity index (χ2v) is 8.56. The van der Waals surface area contributed by atoms with Crippen LogP contribution in [0.5, 0.6) is 0 Å². The molecule has 0 saturated heterocycles. The summed E-state index contributed by atoms with van der Waals surface area (Å²) in [6, 6.07) is 20.1. The molecule has 0 aliphatic heterocycles. The molecule has 0 aliphatic rings. The quantitative estimate of drug-likeness (QED) is 0.583. The summed E-state index contributed by atoms with van der Waals surface area (Å²) in [7, 11) is -4.06. The molecule has 154 valence electrons. The predicted molar refractivity (Wildman–Crippen MR) is 116 cm³/mol. The van der Waals surface area contributed by atoms with Crippen molar-refractivity contribution < 1.29 is 18.0 Å². The van der Waals surface area contributed by atoms with Gasteiger partial charge in [-0.2, -0.15) is 0 Å². The molecule has 3 aromatic carbocycles. The molecule has 3 aromatic rings. The SMILES string of the molecule is NC(=O)c1ccccc1NC(=O)CN(c1cccc(Cl)c1)S(=O)(=O)c1ccccc1. The maximum absolute atomic E-state index is 13.2. The van der Waals surface area contributed by atoms with E-state index >= 15 is 0 Å². The van der Waals surface area contributed by atoms with Gasteiger partial charge < -0.3 is 11.1 Å². The maximum Gasteiger partial charge on any atom is 0.264 e. The Kier molecular flexibility index (Phi) is 6.39. The van der Waals surface area contributed by atoms with E-state index in [9.17, 15) is 18.0 Å². The van der Waals surface area contributed by atoms with Crippen LogP contribution in [0.2, 0.25) is 5.02 Å². The van der Waals surface area contributed by atoms with Crippen molar-refractivity contribution in [3.05, 3.63) is 89.4 Å². The Morgan fingerprint density at radius 3 is 2.27 bits per heavy atom. The lowest BCUT2D eigenvalue weighted by atomic mass is 10.1. The van der Waals surface area contributed by atoms with Crippen molar-refractivity contribution in [3.8, 4) is 0 Å². The van der Waals surface area contributed by atoms with E-state index < -0.39 is 28.4 Å². The van der Waals surface area contributed by atoms with Crippen molar-refractivity contribution in [1.29, 1.82) is 0 Å². The lowest BCUT2D eigenvalue weighted by molar-refractivity contribution is -0.114. The Bertz CT molecular complexity index is 1180. The average molecular weight is 444 g/mol. The number of amides is 2. The Labute approximate surface area is 179 Å². The van der Waals surface area contributed by atoms with Gasteiger partial charge in [-0.15, -0.1) is 0 Å². The molecule has 0 aromatic heterocycles. The van der Waals surface area contributed by atoms with Gasteiger partial charge in [-0.3, -0.25) is 13.9 Å². The molecule has 0 saturated carbocycles. The lowest BCUT2D eigenvalue weighted by Gasteiger charge is -2.24. The summed E-state index contributed by atoms with van der Waals surface area (Å²) in [5.74, 6) is -1.36.